The van der Waals surface area contributed by atoms with Crippen LogP contribution in [0.4, 0.5) is 0 Å². The minimum Gasteiger partial charge on any atom is -0.465 e. The summed E-state index contributed by atoms with van der Waals surface area (Å²) < 4.78 is 5.60. The summed E-state index contributed by atoms with van der Waals surface area (Å²) in [5, 5.41) is 3.78. The predicted molar refractivity (Wildman–Crippen MR) is 141 cm³/mol. The molecule has 0 bridgehead atoms. The number of amides is 2. The van der Waals surface area contributed by atoms with Crippen LogP contribution in [0.1, 0.15) is 54.1 Å². The number of carbonyl (C=O) groups is 2. The molecule has 0 radical (unpaired) electrons. The maximum absolute atomic E-state index is 14.2. The Balaban J connectivity index is 1.51. The first-order chi connectivity index (χ1) is 17.5. The van der Waals surface area contributed by atoms with Gasteiger partial charge in [0, 0.05) is 38.1 Å². The highest BCUT2D eigenvalue weighted by Crippen LogP contribution is 2.39. The van der Waals surface area contributed by atoms with Crippen LogP contribution in [0.5, 0.6) is 0 Å². The summed E-state index contributed by atoms with van der Waals surface area (Å²) in [6.45, 7) is 7.95. The van der Waals surface area contributed by atoms with Gasteiger partial charge < -0.3 is 14.6 Å². The zero-order valence-electron chi connectivity index (χ0n) is 21.1. The quantitative estimate of drug-likeness (QED) is 0.584. The molecular weight excluding hydrogens is 452 g/mol. The van der Waals surface area contributed by atoms with E-state index in [1.807, 2.05) is 48.2 Å². The van der Waals surface area contributed by atoms with Crippen molar-refractivity contribution >= 4 is 34.4 Å². The molecule has 1 N–H and O–H groups in total. The van der Waals surface area contributed by atoms with E-state index in [1.54, 1.807) is 6.26 Å². The van der Waals surface area contributed by atoms with Gasteiger partial charge in [0.1, 0.15) is 5.76 Å². The lowest BCUT2D eigenvalue weighted by Gasteiger charge is -2.29. The number of likely N-dealkylation sites (N-methyl/N-ethyl adjacent to an activating group) is 1. The number of hydrogen-bond donors (Lipinski definition) is 1. The number of furan rings is 1. The van der Waals surface area contributed by atoms with Crippen molar-refractivity contribution in [1.29, 1.82) is 0 Å². The molecule has 1 saturated heterocycles. The lowest BCUT2D eigenvalue weighted by Crippen LogP contribution is -2.40. The largest absolute Gasteiger partial charge is 0.465 e. The molecule has 1 aliphatic carbocycles. The Morgan fingerprint density at radius 2 is 1.97 bits per heavy atom. The molecule has 1 aliphatic heterocycles. The monoisotopic (exact) mass is 486 g/mol. The highest BCUT2D eigenvalue weighted by molar-refractivity contribution is 6.09. The number of pyridine rings is 1. The summed E-state index contributed by atoms with van der Waals surface area (Å²) in [5.74, 6) is 1.30. The average Bonchev–Trinajstić information content (AvgIpc) is 3.26. The maximum Gasteiger partial charge on any atom is 0.254 e. The summed E-state index contributed by atoms with van der Waals surface area (Å²) >= 11 is 0. The average molecular weight is 487 g/mol. The van der Waals surface area contributed by atoms with Gasteiger partial charge in [-0.3, -0.25) is 14.5 Å². The molecule has 7 nitrogen and oxygen atoms in total. The van der Waals surface area contributed by atoms with Gasteiger partial charge >= 0.3 is 0 Å². The Morgan fingerprint density at radius 3 is 2.78 bits per heavy atom. The molecule has 1 unspecified atom stereocenters. The van der Waals surface area contributed by atoms with E-state index in [-0.39, 0.29) is 11.8 Å². The lowest BCUT2D eigenvalue weighted by atomic mass is 9.80. The summed E-state index contributed by atoms with van der Waals surface area (Å²) in [6, 6.07) is 11.8. The number of nitrogens with zero attached hydrogens (tertiary/aromatic N) is 3. The second kappa shape index (κ2) is 10.7. The van der Waals surface area contributed by atoms with Crippen LogP contribution in [0.25, 0.3) is 22.6 Å². The molecule has 3 heterocycles. The van der Waals surface area contributed by atoms with Crippen LogP contribution < -0.4 is 5.32 Å². The fourth-order valence-electron chi connectivity index (χ4n) is 5.47. The van der Waals surface area contributed by atoms with Gasteiger partial charge in [0.25, 0.3) is 5.91 Å². The Hall–Kier alpha value is -3.45. The Labute approximate surface area is 212 Å². The fraction of sp³-hybridized carbons (Fsp3) is 0.414. The van der Waals surface area contributed by atoms with Crippen LogP contribution in [0.3, 0.4) is 0 Å². The van der Waals surface area contributed by atoms with Gasteiger partial charge in [-0.15, -0.1) is 0 Å². The van der Waals surface area contributed by atoms with Crippen molar-refractivity contribution in [2.24, 2.45) is 5.92 Å². The first-order valence-electron chi connectivity index (χ1n) is 13.0. The SMILES string of the molecule is CCNC(=O)CN1CCCN(C(=O)c2c3c(nc4ccccc24)/C(=C\c2ccco2)CC(C)C3)CC1. The molecule has 1 fully saturated rings. The summed E-state index contributed by atoms with van der Waals surface area (Å²) in [7, 11) is 0. The number of nitrogens with one attached hydrogen (secondary N) is 1. The number of fused-ring (bicyclic) bond motifs is 2. The van der Waals surface area contributed by atoms with E-state index < -0.39 is 0 Å². The minimum atomic E-state index is 0.0383. The molecule has 2 amide bonds. The molecule has 36 heavy (non-hydrogen) atoms. The smallest absolute Gasteiger partial charge is 0.254 e. The van der Waals surface area contributed by atoms with Crippen LogP contribution >= 0.6 is 0 Å². The highest BCUT2D eigenvalue weighted by Gasteiger charge is 2.31. The van der Waals surface area contributed by atoms with Crippen LogP contribution in [0.15, 0.2) is 47.1 Å². The zero-order chi connectivity index (χ0) is 25.1. The molecule has 2 aliphatic rings. The molecule has 5 rings (SSSR count). The number of carbonyl (C=O) groups excluding carboxylic acids is 2. The molecule has 7 heteroatoms. The van der Waals surface area contributed by atoms with Gasteiger partial charge in [0.2, 0.25) is 5.91 Å². The van der Waals surface area contributed by atoms with Crippen molar-refractivity contribution in [3.63, 3.8) is 0 Å². The third kappa shape index (κ3) is 5.07. The number of hydrogen-bond acceptors (Lipinski definition) is 5. The van der Waals surface area contributed by atoms with Crippen molar-refractivity contribution in [3.8, 4) is 0 Å². The van der Waals surface area contributed by atoms with E-state index in [4.69, 9.17) is 9.40 Å². The Bertz CT molecular complexity index is 1280. The van der Waals surface area contributed by atoms with Crippen molar-refractivity contribution in [3.05, 3.63) is 65.2 Å². The number of benzene rings is 1. The van der Waals surface area contributed by atoms with Gasteiger partial charge in [-0.25, -0.2) is 4.98 Å². The molecule has 1 atom stereocenters. The summed E-state index contributed by atoms with van der Waals surface area (Å²) in [6.07, 6.45) is 6.30. The van der Waals surface area contributed by atoms with Gasteiger partial charge in [0.05, 0.1) is 29.6 Å². The first-order valence-corrected chi connectivity index (χ1v) is 13.0. The number of para-hydroxylation sites is 1. The third-order valence-electron chi connectivity index (χ3n) is 7.11. The van der Waals surface area contributed by atoms with E-state index in [9.17, 15) is 9.59 Å². The molecule has 1 aromatic carbocycles. The van der Waals surface area contributed by atoms with Crippen LogP contribution in [0.2, 0.25) is 0 Å². The Kier molecular flexibility index (Phi) is 7.18. The molecule has 0 saturated carbocycles. The number of rotatable bonds is 5. The number of allylic oxidation sites excluding steroid dienone is 1. The molecule has 2 aromatic heterocycles. The van der Waals surface area contributed by atoms with E-state index in [0.29, 0.717) is 38.6 Å². The lowest BCUT2D eigenvalue weighted by molar-refractivity contribution is -0.122. The predicted octanol–water partition coefficient (Wildman–Crippen LogP) is 4.23. The summed E-state index contributed by atoms with van der Waals surface area (Å²) in [5.41, 5.74) is 4.69. The standard InChI is InChI=1S/C29H34N4O3/c1-3-30-26(34)19-32-11-7-12-33(14-13-32)29(35)27-23-9-4-5-10-25(23)31-28-21(16-20(2)17-24(27)28)18-22-8-6-15-36-22/h4-6,8-10,15,18,20H,3,7,11-14,16-17,19H2,1-2H3,(H,30,34)/b21-18-. The van der Waals surface area contributed by atoms with Crippen molar-refractivity contribution in [1.82, 2.24) is 20.1 Å². The fourth-order valence-corrected chi connectivity index (χ4v) is 5.47. The zero-order valence-corrected chi connectivity index (χ0v) is 21.1. The van der Waals surface area contributed by atoms with Crippen LogP contribution in [-0.2, 0) is 11.2 Å². The van der Waals surface area contributed by atoms with Gasteiger partial charge in [-0.1, -0.05) is 25.1 Å². The normalized spacial score (nSPS) is 19.8. The molecule has 188 valence electrons. The second-order valence-corrected chi connectivity index (χ2v) is 9.90. The van der Waals surface area contributed by atoms with Gasteiger partial charge in [-0.05, 0) is 67.5 Å². The van der Waals surface area contributed by atoms with Crippen LogP contribution in [0, 0.1) is 5.92 Å². The van der Waals surface area contributed by atoms with E-state index in [2.05, 4.69) is 23.2 Å². The van der Waals surface area contributed by atoms with Gasteiger partial charge in [-0.2, -0.15) is 0 Å². The minimum absolute atomic E-state index is 0.0383. The molecule has 3 aromatic rings. The van der Waals surface area contributed by atoms with E-state index in [1.165, 1.54) is 0 Å². The van der Waals surface area contributed by atoms with Gasteiger partial charge in [0.15, 0.2) is 0 Å². The van der Waals surface area contributed by atoms with Crippen molar-refractivity contribution in [2.45, 2.75) is 33.1 Å². The van der Waals surface area contributed by atoms with Crippen LogP contribution in [-0.4, -0.2) is 65.9 Å². The second-order valence-electron chi connectivity index (χ2n) is 9.90. The van der Waals surface area contributed by atoms with Crippen molar-refractivity contribution in [2.75, 3.05) is 39.3 Å². The maximum atomic E-state index is 14.2. The first kappa shape index (κ1) is 24.3. The van der Waals surface area contributed by atoms with E-state index >= 15 is 0 Å². The topological polar surface area (TPSA) is 78.7 Å². The molecule has 0 spiro atoms. The van der Waals surface area contributed by atoms with E-state index in [0.717, 1.165) is 64.9 Å². The van der Waals surface area contributed by atoms with Crippen molar-refractivity contribution < 1.29 is 14.0 Å². The number of aromatic nitrogens is 1. The highest BCUT2D eigenvalue weighted by atomic mass is 16.3. The molecular formula is C29H34N4O3. The third-order valence-corrected chi connectivity index (χ3v) is 7.11. The summed E-state index contributed by atoms with van der Waals surface area (Å²) in [4.78, 5) is 35.4. The Morgan fingerprint density at radius 1 is 1.11 bits per heavy atom.